The van der Waals surface area contributed by atoms with E-state index in [1.807, 2.05) is 31.2 Å². The number of aliphatic carboxylic acids is 1. The molecular formula is C25H30N2O5. The molecule has 0 saturated heterocycles. The minimum atomic E-state index is -0.831. The number of carbonyl (C=O) groups is 3. The zero-order valence-corrected chi connectivity index (χ0v) is 18.3. The van der Waals surface area contributed by atoms with E-state index in [4.69, 9.17) is 9.84 Å². The Morgan fingerprint density at radius 2 is 1.59 bits per heavy atom. The van der Waals surface area contributed by atoms with Crippen molar-refractivity contribution in [1.82, 2.24) is 10.6 Å². The Labute approximate surface area is 188 Å². The van der Waals surface area contributed by atoms with E-state index in [2.05, 4.69) is 34.9 Å². The molecule has 1 aliphatic rings. The minimum absolute atomic E-state index is 0.0158. The number of rotatable bonds is 11. The summed E-state index contributed by atoms with van der Waals surface area (Å²) in [6.07, 6.45) is 0.920. The van der Waals surface area contributed by atoms with Crippen LogP contribution in [0, 0.1) is 5.92 Å². The lowest BCUT2D eigenvalue weighted by Crippen LogP contribution is -2.30. The molecule has 0 radical (unpaired) electrons. The molecule has 0 aliphatic heterocycles. The molecule has 1 unspecified atom stereocenters. The van der Waals surface area contributed by atoms with Crippen molar-refractivity contribution in [1.29, 1.82) is 0 Å². The molecule has 7 nitrogen and oxygen atoms in total. The van der Waals surface area contributed by atoms with E-state index in [-0.39, 0.29) is 37.2 Å². The monoisotopic (exact) mass is 438 g/mol. The maximum absolute atomic E-state index is 12.1. The third kappa shape index (κ3) is 6.33. The lowest BCUT2D eigenvalue weighted by atomic mass is 9.98. The highest BCUT2D eigenvalue weighted by molar-refractivity contribution is 5.79. The lowest BCUT2D eigenvalue weighted by Gasteiger charge is -2.14. The Morgan fingerprint density at radius 1 is 0.969 bits per heavy atom. The molecule has 2 amide bonds. The molecule has 7 heteroatoms. The van der Waals surface area contributed by atoms with Crippen molar-refractivity contribution in [2.75, 3.05) is 19.7 Å². The van der Waals surface area contributed by atoms with Gasteiger partial charge in [0.2, 0.25) is 5.91 Å². The van der Waals surface area contributed by atoms with Gasteiger partial charge in [-0.2, -0.15) is 0 Å². The van der Waals surface area contributed by atoms with Crippen LogP contribution in [0.5, 0.6) is 0 Å². The second-order valence-electron chi connectivity index (χ2n) is 8.20. The normalized spacial score (nSPS) is 13.0. The summed E-state index contributed by atoms with van der Waals surface area (Å²) in [7, 11) is 0. The van der Waals surface area contributed by atoms with Crippen molar-refractivity contribution >= 4 is 18.0 Å². The fraction of sp³-hybridized carbons (Fsp3) is 0.400. The van der Waals surface area contributed by atoms with E-state index in [1.54, 1.807) is 0 Å². The van der Waals surface area contributed by atoms with Gasteiger partial charge in [-0.05, 0) is 41.0 Å². The molecule has 0 aromatic heterocycles. The van der Waals surface area contributed by atoms with Crippen molar-refractivity contribution in [2.45, 2.75) is 38.5 Å². The molecule has 2 aromatic carbocycles. The maximum atomic E-state index is 12.1. The Bertz CT molecular complexity index is 913. The molecule has 2 aromatic rings. The first kappa shape index (κ1) is 23.3. The third-order valence-corrected chi connectivity index (χ3v) is 5.69. The number of hydrogen-bond acceptors (Lipinski definition) is 4. The SMILES string of the molecule is CC(CCC(=O)O)CNC(=O)CCCNC(=O)OCC1c2ccccc2-c2ccccc21. The van der Waals surface area contributed by atoms with Crippen LogP contribution >= 0.6 is 0 Å². The minimum Gasteiger partial charge on any atom is -0.481 e. The molecule has 3 rings (SSSR count). The highest BCUT2D eigenvalue weighted by Crippen LogP contribution is 2.44. The van der Waals surface area contributed by atoms with Crippen molar-refractivity contribution in [3.8, 4) is 11.1 Å². The number of carboxylic acid groups (broad SMARTS) is 1. The molecule has 0 fully saturated rings. The Hall–Kier alpha value is -3.35. The maximum Gasteiger partial charge on any atom is 0.407 e. The predicted molar refractivity (Wildman–Crippen MR) is 121 cm³/mol. The summed E-state index contributed by atoms with van der Waals surface area (Å²) in [4.78, 5) is 34.6. The summed E-state index contributed by atoms with van der Waals surface area (Å²) in [5, 5.41) is 14.2. The van der Waals surface area contributed by atoms with Gasteiger partial charge in [0.1, 0.15) is 6.61 Å². The van der Waals surface area contributed by atoms with Gasteiger partial charge in [0.15, 0.2) is 0 Å². The smallest absolute Gasteiger partial charge is 0.407 e. The van der Waals surface area contributed by atoms with Crippen LogP contribution in [-0.4, -0.2) is 42.8 Å². The molecule has 1 atom stereocenters. The number of benzene rings is 2. The molecule has 170 valence electrons. The van der Waals surface area contributed by atoms with Crippen molar-refractivity contribution in [3.05, 3.63) is 59.7 Å². The first-order valence-electron chi connectivity index (χ1n) is 11.0. The number of alkyl carbamates (subject to hydrolysis) is 1. The van der Waals surface area contributed by atoms with Gasteiger partial charge in [-0.15, -0.1) is 0 Å². The van der Waals surface area contributed by atoms with Crippen molar-refractivity contribution in [3.63, 3.8) is 0 Å². The summed E-state index contributed by atoms with van der Waals surface area (Å²) < 4.78 is 5.47. The van der Waals surface area contributed by atoms with Gasteiger partial charge in [-0.3, -0.25) is 9.59 Å². The van der Waals surface area contributed by atoms with Gasteiger partial charge in [0, 0.05) is 31.8 Å². The molecule has 32 heavy (non-hydrogen) atoms. The molecule has 1 aliphatic carbocycles. The summed E-state index contributed by atoms with van der Waals surface area (Å²) in [5.74, 6) is -0.819. The first-order valence-corrected chi connectivity index (χ1v) is 11.0. The molecule has 3 N–H and O–H groups in total. The van der Waals surface area contributed by atoms with E-state index in [9.17, 15) is 14.4 Å². The first-order chi connectivity index (χ1) is 15.5. The summed E-state index contributed by atoms with van der Waals surface area (Å²) >= 11 is 0. The second-order valence-corrected chi connectivity index (χ2v) is 8.20. The van der Waals surface area contributed by atoms with Crippen LogP contribution in [0.25, 0.3) is 11.1 Å². The highest BCUT2D eigenvalue weighted by atomic mass is 16.5. The lowest BCUT2D eigenvalue weighted by molar-refractivity contribution is -0.137. The Kier molecular flexibility index (Phi) is 8.25. The largest absolute Gasteiger partial charge is 0.481 e. The van der Waals surface area contributed by atoms with Gasteiger partial charge in [0.05, 0.1) is 0 Å². The average molecular weight is 439 g/mol. The van der Waals surface area contributed by atoms with Crippen LogP contribution in [-0.2, 0) is 14.3 Å². The molecular weight excluding hydrogens is 408 g/mol. The Balaban J connectivity index is 1.35. The zero-order valence-electron chi connectivity index (χ0n) is 18.3. The van der Waals surface area contributed by atoms with E-state index in [0.717, 1.165) is 11.1 Å². The van der Waals surface area contributed by atoms with Crippen LogP contribution in [0.2, 0.25) is 0 Å². The molecule has 0 heterocycles. The van der Waals surface area contributed by atoms with Crippen LogP contribution in [0.3, 0.4) is 0 Å². The summed E-state index contributed by atoms with van der Waals surface area (Å²) in [5.41, 5.74) is 4.69. The fourth-order valence-electron chi connectivity index (χ4n) is 3.94. The number of fused-ring (bicyclic) bond motifs is 3. The van der Waals surface area contributed by atoms with E-state index in [0.29, 0.717) is 25.9 Å². The predicted octanol–water partition coefficient (Wildman–Crippen LogP) is 3.92. The molecule has 0 saturated carbocycles. The van der Waals surface area contributed by atoms with Crippen molar-refractivity contribution in [2.24, 2.45) is 5.92 Å². The van der Waals surface area contributed by atoms with E-state index >= 15 is 0 Å². The summed E-state index contributed by atoms with van der Waals surface area (Å²) in [6.45, 7) is 2.96. The Morgan fingerprint density at radius 3 is 2.22 bits per heavy atom. The van der Waals surface area contributed by atoms with E-state index < -0.39 is 12.1 Å². The second kappa shape index (κ2) is 11.3. The number of nitrogens with one attached hydrogen (secondary N) is 2. The van der Waals surface area contributed by atoms with Gasteiger partial charge in [-0.1, -0.05) is 55.5 Å². The average Bonchev–Trinajstić information content (AvgIpc) is 3.11. The fourth-order valence-corrected chi connectivity index (χ4v) is 3.94. The van der Waals surface area contributed by atoms with Crippen LogP contribution in [0.15, 0.2) is 48.5 Å². The highest BCUT2D eigenvalue weighted by Gasteiger charge is 2.28. The number of hydrogen-bond donors (Lipinski definition) is 3. The number of amides is 2. The van der Waals surface area contributed by atoms with Gasteiger partial charge >= 0.3 is 12.1 Å². The van der Waals surface area contributed by atoms with E-state index in [1.165, 1.54) is 11.1 Å². The number of carbonyl (C=O) groups excluding carboxylic acids is 2. The van der Waals surface area contributed by atoms with Gasteiger partial charge < -0.3 is 20.5 Å². The van der Waals surface area contributed by atoms with Crippen LogP contribution in [0.1, 0.15) is 49.7 Å². The van der Waals surface area contributed by atoms with Crippen molar-refractivity contribution < 1.29 is 24.2 Å². The topological polar surface area (TPSA) is 105 Å². The molecule has 0 spiro atoms. The summed E-state index contributed by atoms with van der Waals surface area (Å²) in [6, 6.07) is 16.3. The number of carboxylic acids is 1. The number of ether oxygens (including phenoxy) is 1. The quantitative estimate of drug-likeness (QED) is 0.461. The standard InChI is InChI=1S/C25H30N2O5/c1-17(12-13-24(29)30)15-27-23(28)11-6-14-26-25(31)32-16-22-20-9-4-2-7-18(20)19-8-3-5-10-21(19)22/h2-5,7-10,17,22H,6,11-16H2,1H3,(H,26,31)(H,27,28)(H,29,30). The zero-order chi connectivity index (χ0) is 22.9. The van der Waals surface area contributed by atoms with Crippen LogP contribution < -0.4 is 10.6 Å². The van der Waals surface area contributed by atoms with Gasteiger partial charge in [0.25, 0.3) is 0 Å². The van der Waals surface area contributed by atoms with Crippen LogP contribution in [0.4, 0.5) is 4.79 Å². The third-order valence-electron chi connectivity index (χ3n) is 5.69. The van der Waals surface area contributed by atoms with Gasteiger partial charge in [-0.25, -0.2) is 4.79 Å². The molecule has 0 bridgehead atoms.